The molecule has 5 rings (SSSR count). The molecule has 4 aromatic carbocycles. The van der Waals surface area contributed by atoms with E-state index in [1.807, 2.05) is 0 Å². The summed E-state index contributed by atoms with van der Waals surface area (Å²) in [6.45, 7) is 0.279. The van der Waals surface area contributed by atoms with E-state index in [0.29, 0.717) is 15.8 Å². The van der Waals surface area contributed by atoms with Gasteiger partial charge in [-0.05, 0) is 66.1 Å². The number of amides is 3. The number of nitrogens with zero attached hydrogens (tertiary/aromatic N) is 2. The number of ether oxygens (including phenoxy) is 1. The van der Waals surface area contributed by atoms with Crippen molar-refractivity contribution >= 4 is 44.8 Å². The molecule has 0 saturated carbocycles. The van der Waals surface area contributed by atoms with Gasteiger partial charge in [0, 0.05) is 42.4 Å². The lowest BCUT2D eigenvalue weighted by atomic mass is 10.0. The average Bonchev–Trinajstić information content (AvgIpc) is 3.60. The van der Waals surface area contributed by atoms with Gasteiger partial charge in [0.2, 0.25) is 5.91 Å². The van der Waals surface area contributed by atoms with Gasteiger partial charge in [-0.15, -0.1) is 0 Å². The van der Waals surface area contributed by atoms with Crippen molar-refractivity contribution < 1.29 is 45.1 Å². The molecule has 11 nitrogen and oxygen atoms in total. The SMILES string of the molecule is COc1ccc(-n2nc(C(F)(F)F)cc2C(=O)Nc2ccc(-c3ccccc3S(C)(=O)=O)cc2F)c(C(=O)NCCCC(=O)NCc2ccc(Cl)cc2)c1. The first kappa shape index (κ1) is 39.5. The zero-order chi connectivity index (χ0) is 39.2. The molecule has 0 aliphatic carbocycles. The first-order valence-electron chi connectivity index (χ1n) is 16.1. The lowest BCUT2D eigenvalue weighted by Gasteiger charge is -2.15. The number of carbonyl (C=O) groups is 3. The summed E-state index contributed by atoms with van der Waals surface area (Å²) in [6, 6.07) is 20.6. The van der Waals surface area contributed by atoms with E-state index in [1.165, 1.54) is 49.6 Å². The van der Waals surface area contributed by atoms with E-state index < -0.39 is 50.7 Å². The fourth-order valence-electron chi connectivity index (χ4n) is 5.31. The number of anilines is 1. The third kappa shape index (κ3) is 9.62. The molecule has 54 heavy (non-hydrogen) atoms. The molecule has 0 aliphatic heterocycles. The molecule has 0 saturated heterocycles. The van der Waals surface area contributed by atoms with Crippen LogP contribution in [0, 0.1) is 5.82 Å². The van der Waals surface area contributed by atoms with Gasteiger partial charge in [0.25, 0.3) is 11.8 Å². The summed E-state index contributed by atoms with van der Waals surface area (Å²) >= 11 is 5.88. The number of sulfone groups is 1. The minimum Gasteiger partial charge on any atom is -0.497 e. The van der Waals surface area contributed by atoms with Crippen LogP contribution in [0.1, 0.15) is 44.9 Å². The van der Waals surface area contributed by atoms with E-state index in [4.69, 9.17) is 16.3 Å². The van der Waals surface area contributed by atoms with Crippen molar-refractivity contribution in [2.75, 3.05) is 25.2 Å². The Morgan fingerprint density at radius 2 is 1.63 bits per heavy atom. The maximum Gasteiger partial charge on any atom is 0.435 e. The molecule has 0 unspecified atom stereocenters. The van der Waals surface area contributed by atoms with Crippen LogP contribution in [0.4, 0.5) is 23.2 Å². The van der Waals surface area contributed by atoms with Gasteiger partial charge in [-0.2, -0.15) is 18.3 Å². The quantitative estimate of drug-likeness (QED) is 0.0875. The first-order chi connectivity index (χ1) is 25.5. The van der Waals surface area contributed by atoms with Crippen LogP contribution in [0.3, 0.4) is 0 Å². The van der Waals surface area contributed by atoms with Gasteiger partial charge >= 0.3 is 6.18 Å². The van der Waals surface area contributed by atoms with Gasteiger partial charge < -0.3 is 20.7 Å². The highest BCUT2D eigenvalue weighted by atomic mass is 35.5. The molecule has 0 bridgehead atoms. The maximum absolute atomic E-state index is 15.4. The summed E-state index contributed by atoms with van der Waals surface area (Å²) in [5.41, 5.74) is -1.82. The topological polar surface area (TPSA) is 148 Å². The molecule has 0 fully saturated rings. The molecule has 5 aromatic rings. The number of alkyl halides is 3. The molecular weight excluding hydrogens is 754 g/mol. The number of hydrogen-bond acceptors (Lipinski definition) is 7. The van der Waals surface area contributed by atoms with Crippen molar-refractivity contribution in [2.45, 2.75) is 30.5 Å². The average molecular weight is 786 g/mol. The summed E-state index contributed by atoms with van der Waals surface area (Å²) in [5.74, 6) is -3.09. The summed E-state index contributed by atoms with van der Waals surface area (Å²) in [6.07, 6.45) is -3.74. The largest absolute Gasteiger partial charge is 0.497 e. The summed E-state index contributed by atoms with van der Waals surface area (Å²) in [4.78, 5) is 39.2. The Balaban J connectivity index is 1.36. The Morgan fingerprint density at radius 1 is 0.907 bits per heavy atom. The monoisotopic (exact) mass is 785 g/mol. The molecule has 282 valence electrons. The van der Waals surface area contributed by atoms with Crippen LogP contribution in [-0.2, 0) is 27.4 Å². The van der Waals surface area contributed by atoms with Crippen molar-refractivity contribution in [1.29, 1.82) is 0 Å². The third-order valence-electron chi connectivity index (χ3n) is 7.99. The highest BCUT2D eigenvalue weighted by Crippen LogP contribution is 2.33. The van der Waals surface area contributed by atoms with Crippen molar-refractivity contribution in [3.05, 3.63) is 124 Å². The summed E-state index contributed by atoms with van der Waals surface area (Å²) < 4.78 is 87.6. The summed E-state index contributed by atoms with van der Waals surface area (Å²) in [7, 11) is -2.37. The van der Waals surface area contributed by atoms with E-state index in [-0.39, 0.29) is 64.9 Å². The van der Waals surface area contributed by atoms with Crippen molar-refractivity contribution in [1.82, 2.24) is 20.4 Å². The zero-order valence-electron chi connectivity index (χ0n) is 28.6. The van der Waals surface area contributed by atoms with Crippen LogP contribution in [-0.4, -0.2) is 55.8 Å². The van der Waals surface area contributed by atoms with Crippen molar-refractivity contribution in [3.63, 3.8) is 0 Å². The van der Waals surface area contributed by atoms with Crippen LogP contribution in [0.5, 0.6) is 5.75 Å². The molecule has 1 heterocycles. The normalized spacial score (nSPS) is 11.5. The van der Waals surface area contributed by atoms with Gasteiger partial charge in [-0.3, -0.25) is 14.4 Å². The second-order valence-corrected chi connectivity index (χ2v) is 14.3. The predicted molar refractivity (Wildman–Crippen MR) is 193 cm³/mol. The molecule has 17 heteroatoms. The van der Waals surface area contributed by atoms with E-state index >= 15 is 4.39 Å². The molecule has 0 aliphatic rings. The Morgan fingerprint density at radius 3 is 2.30 bits per heavy atom. The van der Waals surface area contributed by atoms with Gasteiger partial charge in [0.15, 0.2) is 15.5 Å². The lowest BCUT2D eigenvalue weighted by Crippen LogP contribution is -2.28. The molecule has 0 spiro atoms. The number of hydrogen-bond donors (Lipinski definition) is 3. The van der Waals surface area contributed by atoms with Gasteiger partial charge in [-0.25, -0.2) is 17.5 Å². The predicted octanol–water partition coefficient (Wildman–Crippen LogP) is 6.84. The number of methoxy groups -OCH3 is 1. The van der Waals surface area contributed by atoms with Gasteiger partial charge in [0.05, 0.1) is 28.9 Å². The number of carbonyl (C=O) groups excluding carboxylic acids is 3. The number of halogens is 5. The molecular formula is C37H32ClF4N5O6S. The maximum atomic E-state index is 15.4. The van der Waals surface area contributed by atoms with Crippen molar-refractivity contribution in [3.8, 4) is 22.6 Å². The number of aromatic nitrogens is 2. The summed E-state index contributed by atoms with van der Waals surface area (Å²) in [5, 5.41) is 11.8. The number of rotatable bonds is 13. The minimum absolute atomic E-state index is 0.00797. The van der Waals surface area contributed by atoms with Crippen molar-refractivity contribution in [2.24, 2.45) is 0 Å². The smallest absolute Gasteiger partial charge is 0.435 e. The first-order valence-corrected chi connectivity index (χ1v) is 18.4. The highest BCUT2D eigenvalue weighted by Gasteiger charge is 2.37. The molecule has 1 aromatic heterocycles. The van der Waals surface area contributed by atoms with Crippen LogP contribution in [0.25, 0.3) is 16.8 Å². The molecule has 0 atom stereocenters. The second kappa shape index (κ2) is 16.5. The van der Waals surface area contributed by atoms with Gasteiger partial charge in [0.1, 0.15) is 17.3 Å². The Kier molecular flexibility index (Phi) is 12.1. The van der Waals surface area contributed by atoms with Crippen LogP contribution in [0.2, 0.25) is 5.02 Å². The standard InChI is InChI=1S/C37H32ClF4N5O6S/c1-53-25-14-16-30(27(19-25)35(49)43-17-5-8-34(48)44-21-22-9-12-24(38)13-10-22)47-31(20-33(46-47)37(40,41)42)36(50)45-29-15-11-23(18-28(29)39)26-6-3-4-7-32(26)54(2,51)52/h3-4,6-7,9-16,18-20H,5,8,17,21H2,1-2H3,(H,43,49)(H,44,48)(H,45,50). The molecule has 0 radical (unpaired) electrons. The highest BCUT2D eigenvalue weighted by molar-refractivity contribution is 7.90. The lowest BCUT2D eigenvalue weighted by molar-refractivity contribution is -0.141. The second-order valence-electron chi connectivity index (χ2n) is 11.9. The van der Waals surface area contributed by atoms with E-state index in [0.717, 1.165) is 24.0 Å². The van der Waals surface area contributed by atoms with Crippen LogP contribution < -0.4 is 20.7 Å². The molecule has 3 amide bonds. The zero-order valence-corrected chi connectivity index (χ0v) is 30.2. The van der Waals surface area contributed by atoms with E-state index in [9.17, 15) is 36.0 Å². The van der Waals surface area contributed by atoms with Crippen LogP contribution in [0.15, 0.2) is 95.9 Å². The Hall–Kier alpha value is -5.74. The fourth-order valence-corrected chi connectivity index (χ4v) is 6.35. The Bertz CT molecular complexity index is 2310. The van der Waals surface area contributed by atoms with E-state index in [2.05, 4.69) is 21.0 Å². The Labute approximate surface area is 312 Å². The fraction of sp³-hybridized carbons (Fsp3) is 0.189. The molecule has 3 N–H and O–H groups in total. The third-order valence-corrected chi connectivity index (χ3v) is 9.40. The number of nitrogens with one attached hydrogen (secondary N) is 3. The van der Waals surface area contributed by atoms with Gasteiger partial charge in [-0.1, -0.05) is 48.0 Å². The minimum atomic E-state index is -5.01. The number of benzene rings is 4. The van der Waals surface area contributed by atoms with E-state index in [1.54, 1.807) is 30.3 Å². The van der Waals surface area contributed by atoms with Crippen LogP contribution >= 0.6 is 11.6 Å².